The Morgan fingerprint density at radius 2 is 1.96 bits per heavy atom. The van der Waals surface area contributed by atoms with Gasteiger partial charge in [0.1, 0.15) is 5.82 Å². The molecule has 3 heterocycles. The summed E-state index contributed by atoms with van der Waals surface area (Å²) in [7, 11) is 4.07. The van der Waals surface area contributed by atoms with Crippen LogP contribution in [0.2, 0.25) is 0 Å². The lowest BCUT2D eigenvalue weighted by atomic mass is 10.0. The van der Waals surface area contributed by atoms with Crippen molar-refractivity contribution in [3.05, 3.63) is 17.1 Å². The zero-order valence-corrected chi connectivity index (χ0v) is 16.1. The van der Waals surface area contributed by atoms with Crippen LogP contribution < -0.4 is 5.32 Å². The second kappa shape index (κ2) is 7.51. The van der Waals surface area contributed by atoms with E-state index in [4.69, 9.17) is 9.97 Å². The molecule has 3 aliphatic rings. The molecular weight excluding hydrogens is 326 g/mol. The Labute approximate surface area is 156 Å². The summed E-state index contributed by atoms with van der Waals surface area (Å²) >= 11 is 0. The highest BCUT2D eigenvalue weighted by Gasteiger charge is 2.34. The molecule has 1 aromatic heterocycles. The molecule has 26 heavy (non-hydrogen) atoms. The predicted molar refractivity (Wildman–Crippen MR) is 102 cm³/mol. The maximum absolute atomic E-state index is 12.9. The molecule has 1 N–H and O–H groups in total. The predicted octanol–water partition coefficient (Wildman–Crippen LogP) is 2.75. The molecule has 4 rings (SSSR count). The van der Waals surface area contributed by atoms with Gasteiger partial charge in [-0.3, -0.25) is 4.79 Å². The lowest BCUT2D eigenvalue weighted by molar-refractivity contribution is -0.133. The molecule has 1 amide bonds. The van der Waals surface area contributed by atoms with Crippen molar-refractivity contribution >= 4 is 11.7 Å². The number of rotatable bonds is 4. The van der Waals surface area contributed by atoms with Gasteiger partial charge in [0, 0.05) is 38.7 Å². The molecule has 142 valence electrons. The molecule has 1 aromatic rings. The summed E-state index contributed by atoms with van der Waals surface area (Å²) in [5.41, 5.74) is 2.37. The topological polar surface area (TPSA) is 61.4 Å². The molecule has 2 aliphatic heterocycles. The number of fused-ring (bicyclic) bond motifs is 1. The van der Waals surface area contributed by atoms with E-state index < -0.39 is 0 Å². The number of amides is 1. The van der Waals surface area contributed by atoms with Gasteiger partial charge in [0.15, 0.2) is 5.82 Å². The lowest BCUT2D eigenvalue weighted by Gasteiger charge is -2.29. The number of hydrogen-bond acceptors (Lipinski definition) is 5. The van der Waals surface area contributed by atoms with Crippen LogP contribution in [0.5, 0.6) is 0 Å². The number of carbonyl (C=O) groups excluding carboxylic acids is 1. The number of carbonyl (C=O) groups is 1. The Hall–Kier alpha value is -1.69. The first-order chi connectivity index (χ1) is 12.7. The van der Waals surface area contributed by atoms with Crippen LogP contribution >= 0.6 is 0 Å². The number of likely N-dealkylation sites (N-methyl/N-ethyl adjacent to an activating group) is 1. The minimum absolute atomic E-state index is 0.0496. The summed E-state index contributed by atoms with van der Waals surface area (Å²) in [6.45, 7) is 2.76. The highest BCUT2D eigenvalue weighted by atomic mass is 16.2. The quantitative estimate of drug-likeness (QED) is 0.898. The molecule has 0 spiro atoms. The van der Waals surface area contributed by atoms with E-state index in [9.17, 15) is 4.79 Å². The molecule has 1 aliphatic carbocycles. The molecule has 0 aromatic carbocycles. The van der Waals surface area contributed by atoms with Gasteiger partial charge in [0.05, 0.1) is 11.7 Å². The van der Waals surface area contributed by atoms with Gasteiger partial charge in [-0.15, -0.1) is 0 Å². The maximum Gasteiger partial charge on any atom is 0.223 e. The Morgan fingerprint density at radius 3 is 2.73 bits per heavy atom. The Kier molecular flexibility index (Phi) is 5.11. The fourth-order valence-electron chi connectivity index (χ4n) is 4.85. The van der Waals surface area contributed by atoms with Crippen molar-refractivity contribution < 1.29 is 4.79 Å². The highest BCUT2D eigenvalue weighted by Crippen LogP contribution is 2.35. The van der Waals surface area contributed by atoms with Gasteiger partial charge < -0.3 is 15.1 Å². The fraction of sp³-hybridized carbons (Fsp3) is 0.750. The molecule has 0 radical (unpaired) electrons. The zero-order valence-electron chi connectivity index (χ0n) is 16.1. The number of likely N-dealkylation sites (tertiary alicyclic amines) is 1. The van der Waals surface area contributed by atoms with Gasteiger partial charge in [0.25, 0.3) is 0 Å². The van der Waals surface area contributed by atoms with Crippen LogP contribution in [-0.2, 0) is 17.8 Å². The van der Waals surface area contributed by atoms with Crippen molar-refractivity contribution in [1.82, 2.24) is 19.8 Å². The summed E-state index contributed by atoms with van der Waals surface area (Å²) in [5.74, 6) is 2.69. The normalized spacial score (nSPS) is 24.1. The number of hydrogen-bond donors (Lipinski definition) is 1. The number of nitrogens with zero attached hydrogens (tertiary/aromatic N) is 4. The van der Waals surface area contributed by atoms with E-state index >= 15 is 0 Å². The molecule has 0 unspecified atom stereocenters. The van der Waals surface area contributed by atoms with Crippen LogP contribution in [-0.4, -0.2) is 52.9 Å². The van der Waals surface area contributed by atoms with Crippen molar-refractivity contribution in [2.45, 2.75) is 64.0 Å². The summed E-state index contributed by atoms with van der Waals surface area (Å²) < 4.78 is 0. The first-order valence-corrected chi connectivity index (χ1v) is 10.2. The van der Waals surface area contributed by atoms with E-state index in [0.717, 1.165) is 56.2 Å². The summed E-state index contributed by atoms with van der Waals surface area (Å²) in [6.07, 6.45) is 8.74. The average molecular weight is 358 g/mol. The van der Waals surface area contributed by atoms with Gasteiger partial charge in [-0.1, -0.05) is 12.8 Å². The van der Waals surface area contributed by atoms with Crippen molar-refractivity contribution in [3.8, 4) is 0 Å². The second-order valence-electron chi connectivity index (χ2n) is 8.19. The molecule has 0 bridgehead atoms. The van der Waals surface area contributed by atoms with E-state index in [0.29, 0.717) is 18.2 Å². The average Bonchev–Trinajstić information content (AvgIpc) is 3.31. The zero-order chi connectivity index (χ0) is 18.1. The van der Waals surface area contributed by atoms with Crippen molar-refractivity contribution in [1.29, 1.82) is 0 Å². The van der Waals surface area contributed by atoms with E-state index in [-0.39, 0.29) is 6.04 Å². The van der Waals surface area contributed by atoms with Gasteiger partial charge in [-0.25, -0.2) is 9.97 Å². The number of aromatic nitrogens is 2. The molecule has 6 nitrogen and oxygen atoms in total. The maximum atomic E-state index is 12.9. The molecule has 1 saturated heterocycles. The smallest absolute Gasteiger partial charge is 0.223 e. The summed E-state index contributed by atoms with van der Waals surface area (Å²) in [4.78, 5) is 27.1. The Balaban J connectivity index is 1.57. The third-order valence-electron chi connectivity index (χ3n) is 6.32. The minimum Gasteiger partial charge on any atom is -0.373 e. The van der Waals surface area contributed by atoms with Crippen LogP contribution in [0.3, 0.4) is 0 Å². The first-order valence-electron chi connectivity index (χ1n) is 10.2. The molecular formula is C20H31N5O. The molecule has 1 saturated carbocycles. The Morgan fingerprint density at radius 1 is 1.15 bits per heavy atom. The monoisotopic (exact) mass is 357 g/mol. The van der Waals surface area contributed by atoms with E-state index in [1.807, 2.05) is 7.05 Å². The lowest BCUT2D eigenvalue weighted by Crippen LogP contribution is -2.34. The largest absolute Gasteiger partial charge is 0.373 e. The Bertz CT molecular complexity index is 670. The van der Waals surface area contributed by atoms with Gasteiger partial charge in [0.2, 0.25) is 5.91 Å². The van der Waals surface area contributed by atoms with Crippen LogP contribution in [0.1, 0.15) is 68.1 Å². The van der Waals surface area contributed by atoms with Crippen LogP contribution in [0.25, 0.3) is 0 Å². The minimum atomic E-state index is 0.0496. The van der Waals surface area contributed by atoms with Crippen molar-refractivity contribution in [2.24, 2.45) is 5.92 Å². The third-order valence-corrected chi connectivity index (χ3v) is 6.32. The van der Waals surface area contributed by atoms with Gasteiger partial charge in [-0.05, 0) is 45.1 Å². The van der Waals surface area contributed by atoms with Gasteiger partial charge >= 0.3 is 0 Å². The van der Waals surface area contributed by atoms with Gasteiger partial charge in [-0.2, -0.15) is 0 Å². The highest BCUT2D eigenvalue weighted by molar-refractivity contribution is 5.77. The third kappa shape index (κ3) is 3.43. The van der Waals surface area contributed by atoms with E-state index in [2.05, 4.69) is 22.2 Å². The first kappa shape index (κ1) is 17.7. The van der Waals surface area contributed by atoms with E-state index in [1.165, 1.54) is 31.2 Å². The van der Waals surface area contributed by atoms with Crippen molar-refractivity contribution in [3.63, 3.8) is 0 Å². The van der Waals surface area contributed by atoms with Crippen LogP contribution in [0.15, 0.2) is 0 Å². The number of nitrogens with one attached hydrogen (secondary N) is 1. The summed E-state index contributed by atoms with van der Waals surface area (Å²) in [5, 5.41) is 3.26. The SMILES string of the molecule is CNc1nc([C@H]2CCCN2C(=O)CC2CCCC2)nc2c1CCN(C)C2. The second-order valence-corrected chi connectivity index (χ2v) is 8.19. The summed E-state index contributed by atoms with van der Waals surface area (Å²) in [6, 6.07) is 0.0496. The van der Waals surface area contributed by atoms with Crippen LogP contribution in [0, 0.1) is 5.92 Å². The molecule has 1 atom stereocenters. The number of anilines is 1. The van der Waals surface area contributed by atoms with E-state index in [1.54, 1.807) is 0 Å². The fourth-order valence-corrected chi connectivity index (χ4v) is 4.85. The molecule has 6 heteroatoms. The molecule has 2 fully saturated rings. The standard InChI is InChI=1S/C20H31N5O/c1-21-19-15-9-11-24(2)13-16(15)22-20(23-19)17-8-5-10-25(17)18(26)12-14-6-3-4-7-14/h14,17H,3-13H2,1-2H3,(H,21,22,23)/t17-/m1/s1. The van der Waals surface area contributed by atoms with Crippen LogP contribution in [0.4, 0.5) is 5.82 Å². The van der Waals surface area contributed by atoms with Crippen molar-refractivity contribution in [2.75, 3.05) is 32.5 Å².